The number of carbonyl (C=O) groups is 3. The zero-order valence-corrected chi connectivity index (χ0v) is 14.2. The third-order valence-corrected chi connectivity index (χ3v) is 3.41. The van der Waals surface area contributed by atoms with Gasteiger partial charge in [-0.15, -0.1) is 0 Å². The van der Waals surface area contributed by atoms with Crippen molar-refractivity contribution >= 4 is 18.0 Å². The number of carbonyl (C=O) groups excluding carboxylic acids is 3. The van der Waals surface area contributed by atoms with Crippen molar-refractivity contribution in [3.8, 4) is 0 Å². The Labute approximate surface area is 151 Å². The summed E-state index contributed by atoms with van der Waals surface area (Å²) in [5.41, 5.74) is 6.78. The Bertz CT molecular complexity index is 679. The third kappa shape index (κ3) is 6.03. The lowest BCUT2D eigenvalue weighted by atomic mass is 10.2. The maximum Gasteiger partial charge on any atom is 0.420 e. The molecule has 0 bridgehead atoms. The van der Waals surface area contributed by atoms with Gasteiger partial charge in [-0.3, -0.25) is 4.79 Å². The average molecular weight is 356 g/mol. The van der Waals surface area contributed by atoms with E-state index in [9.17, 15) is 14.4 Å². The quantitative estimate of drug-likeness (QED) is 0.818. The highest BCUT2D eigenvalue weighted by Crippen LogP contribution is 2.07. The average Bonchev–Trinajstić information content (AvgIpc) is 2.69. The van der Waals surface area contributed by atoms with Gasteiger partial charge in [-0.25, -0.2) is 14.5 Å². The van der Waals surface area contributed by atoms with Crippen molar-refractivity contribution in [1.29, 1.82) is 0 Å². The van der Waals surface area contributed by atoms with E-state index in [2.05, 4.69) is 0 Å². The number of nitrogens with zero attached hydrogens (tertiary/aromatic N) is 1. The molecule has 0 heterocycles. The second kappa shape index (κ2) is 9.95. The predicted molar refractivity (Wildman–Crippen MR) is 94.0 cm³/mol. The van der Waals surface area contributed by atoms with Gasteiger partial charge < -0.3 is 15.2 Å². The summed E-state index contributed by atoms with van der Waals surface area (Å²) < 4.78 is 10.2. The molecular weight excluding hydrogens is 336 g/mol. The Kier molecular flexibility index (Phi) is 7.32. The summed E-state index contributed by atoms with van der Waals surface area (Å²) in [5.74, 6) is -0.488. The first-order chi connectivity index (χ1) is 12.6. The Balaban J connectivity index is 1.97. The van der Waals surface area contributed by atoms with E-state index in [0.717, 1.165) is 11.1 Å². The van der Waals surface area contributed by atoms with Crippen LogP contribution in [-0.2, 0) is 27.5 Å². The molecule has 0 spiro atoms. The van der Waals surface area contributed by atoms with Gasteiger partial charge in [0.05, 0.1) is 13.1 Å². The fraction of sp³-hybridized carbons (Fsp3) is 0.211. The normalized spacial score (nSPS) is 10.0. The number of hydrogen-bond acceptors (Lipinski definition) is 6. The molecule has 7 heteroatoms. The van der Waals surface area contributed by atoms with Crippen LogP contribution in [0.5, 0.6) is 0 Å². The van der Waals surface area contributed by atoms with E-state index < -0.39 is 24.5 Å². The Morgan fingerprint density at radius 2 is 1.19 bits per heavy atom. The molecule has 2 aromatic rings. The van der Waals surface area contributed by atoms with Crippen LogP contribution < -0.4 is 5.73 Å². The topological polar surface area (TPSA) is 98.9 Å². The van der Waals surface area contributed by atoms with Crippen molar-refractivity contribution in [2.45, 2.75) is 13.2 Å². The molecule has 0 fully saturated rings. The van der Waals surface area contributed by atoms with Gasteiger partial charge in [-0.2, -0.15) is 0 Å². The molecular formula is C19H20N2O5. The lowest BCUT2D eigenvalue weighted by molar-refractivity contribution is -0.118. The van der Waals surface area contributed by atoms with Gasteiger partial charge in [0.2, 0.25) is 0 Å². The number of nitrogens with two attached hydrogens (primary N) is 1. The molecule has 0 aliphatic carbocycles. The first kappa shape index (κ1) is 19.1. The number of ether oxygens (including phenoxy) is 2. The van der Waals surface area contributed by atoms with Gasteiger partial charge in [-0.05, 0) is 11.1 Å². The Morgan fingerprint density at radius 3 is 1.58 bits per heavy atom. The first-order valence-corrected chi connectivity index (χ1v) is 8.01. The molecule has 0 saturated carbocycles. The van der Waals surface area contributed by atoms with Gasteiger partial charge in [-0.1, -0.05) is 60.7 Å². The van der Waals surface area contributed by atoms with Crippen molar-refractivity contribution in [1.82, 2.24) is 4.90 Å². The highest BCUT2D eigenvalue weighted by molar-refractivity contribution is 5.94. The molecule has 2 amide bonds. The van der Waals surface area contributed by atoms with Gasteiger partial charge in [0.25, 0.3) is 0 Å². The lowest BCUT2D eigenvalue weighted by Gasteiger charge is -2.19. The van der Waals surface area contributed by atoms with Crippen LogP contribution in [0.2, 0.25) is 0 Å². The first-order valence-electron chi connectivity index (χ1n) is 8.01. The highest BCUT2D eigenvalue weighted by atomic mass is 16.6. The van der Waals surface area contributed by atoms with Gasteiger partial charge >= 0.3 is 12.2 Å². The maximum atomic E-state index is 12.2. The van der Waals surface area contributed by atoms with Gasteiger partial charge in [0.1, 0.15) is 13.2 Å². The molecule has 0 atom stereocenters. The van der Waals surface area contributed by atoms with E-state index >= 15 is 0 Å². The van der Waals surface area contributed by atoms with Crippen molar-refractivity contribution in [3.05, 3.63) is 71.8 Å². The summed E-state index contributed by atoms with van der Waals surface area (Å²) in [6.07, 6.45) is -1.93. The fourth-order valence-electron chi connectivity index (χ4n) is 2.04. The Hall–Kier alpha value is -3.19. The van der Waals surface area contributed by atoms with E-state index in [1.807, 2.05) is 12.1 Å². The minimum Gasteiger partial charge on any atom is -0.444 e. The summed E-state index contributed by atoms with van der Waals surface area (Å²) in [6.45, 7) is -0.857. The number of ketones is 1. The zero-order chi connectivity index (χ0) is 18.8. The van der Waals surface area contributed by atoms with Crippen LogP contribution in [0, 0.1) is 0 Å². The summed E-state index contributed by atoms with van der Waals surface area (Å²) in [5, 5.41) is 0. The second-order valence-electron chi connectivity index (χ2n) is 5.41. The summed E-state index contributed by atoms with van der Waals surface area (Å²) in [4.78, 5) is 36.7. The van der Waals surface area contributed by atoms with Gasteiger partial charge in [0.15, 0.2) is 5.78 Å². The standard InChI is InChI=1S/C19H20N2O5/c20-11-17(22)12-21(18(23)25-13-15-7-3-1-4-8-15)19(24)26-14-16-9-5-2-6-10-16/h1-10H,11-14,20H2. The molecule has 2 aromatic carbocycles. The van der Waals surface area contributed by atoms with Crippen LogP contribution in [0.15, 0.2) is 60.7 Å². The summed E-state index contributed by atoms with van der Waals surface area (Å²) >= 11 is 0. The molecule has 26 heavy (non-hydrogen) atoms. The molecule has 7 nitrogen and oxygen atoms in total. The Morgan fingerprint density at radius 1 is 0.769 bits per heavy atom. The molecule has 136 valence electrons. The van der Waals surface area contributed by atoms with E-state index in [-0.39, 0.29) is 19.8 Å². The summed E-state index contributed by atoms with van der Waals surface area (Å²) in [6, 6.07) is 18.0. The smallest absolute Gasteiger partial charge is 0.420 e. The van der Waals surface area contributed by atoms with E-state index in [0.29, 0.717) is 4.90 Å². The van der Waals surface area contributed by atoms with Crippen LogP contribution >= 0.6 is 0 Å². The molecule has 0 unspecified atom stereocenters. The highest BCUT2D eigenvalue weighted by Gasteiger charge is 2.26. The zero-order valence-electron chi connectivity index (χ0n) is 14.2. The molecule has 2 rings (SSSR count). The fourth-order valence-corrected chi connectivity index (χ4v) is 2.04. The number of rotatable bonds is 7. The van der Waals surface area contributed by atoms with Crippen LogP contribution in [0.3, 0.4) is 0 Å². The largest absolute Gasteiger partial charge is 0.444 e. The predicted octanol–water partition coefficient (Wildman–Crippen LogP) is 2.49. The molecule has 0 radical (unpaired) electrons. The number of Topliss-reactive ketones (excluding diaryl/α,β-unsaturated/α-hetero) is 1. The van der Waals surface area contributed by atoms with Crippen molar-refractivity contribution in [2.24, 2.45) is 5.73 Å². The second-order valence-corrected chi connectivity index (χ2v) is 5.41. The number of imide groups is 1. The van der Waals surface area contributed by atoms with Crippen LogP contribution in [0.4, 0.5) is 9.59 Å². The number of benzene rings is 2. The van der Waals surface area contributed by atoms with Crippen molar-refractivity contribution in [3.63, 3.8) is 0 Å². The van der Waals surface area contributed by atoms with E-state index in [1.54, 1.807) is 48.5 Å². The van der Waals surface area contributed by atoms with Crippen LogP contribution in [0.1, 0.15) is 11.1 Å². The van der Waals surface area contributed by atoms with Gasteiger partial charge in [0, 0.05) is 0 Å². The molecule has 2 N–H and O–H groups in total. The van der Waals surface area contributed by atoms with Crippen LogP contribution in [-0.4, -0.2) is 36.0 Å². The monoisotopic (exact) mass is 356 g/mol. The maximum absolute atomic E-state index is 12.2. The van der Waals surface area contributed by atoms with E-state index in [4.69, 9.17) is 15.2 Å². The molecule has 0 saturated heterocycles. The van der Waals surface area contributed by atoms with Crippen LogP contribution in [0.25, 0.3) is 0 Å². The SMILES string of the molecule is NCC(=O)CN(C(=O)OCc1ccccc1)C(=O)OCc1ccccc1. The van der Waals surface area contributed by atoms with E-state index in [1.165, 1.54) is 0 Å². The minimum absolute atomic E-state index is 0.0288. The molecule has 0 aliphatic heterocycles. The third-order valence-electron chi connectivity index (χ3n) is 3.41. The number of hydrogen-bond donors (Lipinski definition) is 1. The minimum atomic E-state index is -0.964. The summed E-state index contributed by atoms with van der Waals surface area (Å²) in [7, 11) is 0. The number of amides is 2. The molecule has 0 aromatic heterocycles. The van der Waals surface area contributed by atoms with Crippen molar-refractivity contribution in [2.75, 3.05) is 13.1 Å². The van der Waals surface area contributed by atoms with Crippen molar-refractivity contribution < 1.29 is 23.9 Å². The lowest BCUT2D eigenvalue weighted by Crippen LogP contribution is -2.42. The molecule has 0 aliphatic rings.